The number of ether oxygens (including phenoxy) is 1. The van der Waals surface area contributed by atoms with Crippen molar-refractivity contribution in [2.24, 2.45) is 5.92 Å². The van der Waals surface area contributed by atoms with E-state index < -0.39 is 29.7 Å². The van der Waals surface area contributed by atoms with E-state index in [1.165, 1.54) is 17.0 Å². The second-order valence-corrected chi connectivity index (χ2v) is 8.76. The minimum atomic E-state index is -1.00. The summed E-state index contributed by atoms with van der Waals surface area (Å²) >= 11 is 0. The maximum Gasteiger partial charge on any atom is 0.409 e. The highest BCUT2D eigenvalue weighted by Crippen LogP contribution is 2.44. The topological polar surface area (TPSA) is 66.8 Å². The number of fused-ring (bicyclic) bond motifs is 3. The molecule has 1 N–H and O–H groups in total. The Balaban J connectivity index is 1.34. The van der Waals surface area contributed by atoms with E-state index in [1.54, 1.807) is 6.07 Å². The van der Waals surface area contributed by atoms with E-state index in [1.807, 2.05) is 43.3 Å². The van der Waals surface area contributed by atoms with Crippen LogP contribution in [0.4, 0.5) is 9.18 Å². The number of carbonyl (C=O) groups excluding carboxylic acids is 1. The van der Waals surface area contributed by atoms with Crippen molar-refractivity contribution in [2.75, 3.05) is 19.7 Å². The summed E-state index contributed by atoms with van der Waals surface area (Å²) in [6, 6.07) is 20.5. The Labute approximate surface area is 191 Å². The van der Waals surface area contributed by atoms with Gasteiger partial charge in [0.1, 0.15) is 12.4 Å². The number of amides is 1. The van der Waals surface area contributed by atoms with Gasteiger partial charge in [0.15, 0.2) is 0 Å². The fourth-order valence-electron chi connectivity index (χ4n) is 5.21. The van der Waals surface area contributed by atoms with Gasteiger partial charge in [0, 0.05) is 24.9 Å². The molecule has 3 aromatic carbocycles. The Hall–Kier alpha value is -3.67. The Morgan fingerprint density at radius 3 is 2.24 bits per heavy atom. The Morgan fingerprint density at radius 2 is 1.61 bits per heavy atom. The molecule has 0 bridgehead atoms. The maximum atomic E-state index is 13.9. The summed E-state index contributed by atoms with van der Waals surface area (Å²) in [6.07, 6.45) is -0.542. The number of nitrogens with zero attached hydrogens (tertiary/aromatic N) is 1. The number of carboxylic acids is 1. The molecule has 1 fully saturated rings. The summed E-state index contributed by atoms with van der Waals surface area (Å²) in [5.41, 5.74) is 5.94. The summed E-state index contributed by atoms with van der Waals surface area (Å²) < 4.78 is 19.6. The van der Waals surface area contributed by atoms with E-state index in [0.29, 0.717) is 5.56 Å². The van der Waals surface area contributed by atoms with Crippen molar-refractivity contribution in [1.82, 2.24) is 4.90 Å². The molecule has 2 atom stereocenters. The lowest BCUT2D eigenvalue weighted by molar-refractivity contribution is -0.141. The van der Waals surface area contributed by atoms with Crippen LogP contribution >= 0.6 is 0 Å². The molecule has 6 heteroatoms. The average Bonchev–Trinajstić information content (AvgIpc) is 3.40. The number of aliphatic carboxylic acids is 1. The highest BCUT2D eigenvalue weighted by Gasteiger charge is 2.42. The zero-order chi connectivity index (χ0) is 23.1. The Kier molecular flexibility index (Phi) is 5.36. The van der Waals surface area contributed by atoms with Gasteiger partial charge in [-0.05, 0) is 52.4 Å². The van der Waals surface area contributed by atoms with E-state index in [9.17, 15) is 19.1 Å². The van der Waals surface area contributed by atoms with Gasteiger partial charge in [-0.3, -0.25) is 4.79 Å². The summed E-state index contributed by atoms with van der Waals surface area (Å²) in [5.74, 6) is -2.79. The van der Waals surface area contributed by atoms with Crippen LogP contribution in [0.3, 0.4) is 0 Å². The molecule has 5 rings (SSSR count). The quantitative estimate of drug-likeness (QED) is 0.601. The molecule has 0 unspecified atom stereocenters. The molecule has 0 spiro atoms. The number of halogens is 1. The van der Waals surface area contributed by atoms with Crippen molar-refractivity contribution < 1.29 is 23.8 Å². The fourth-order valence-corrected chi connectivity index (χ4v) is 5.21. The molecule has 0 radical (unpaired) electrons. The number of carboxylic acid groups (broad SMARTS) is 1. The summed E-state index contributed by atoms with van der Waals surface area (Å²) in [4.78, 5) is 26.3. The van der Waals surface area contributed by atoms with Gasteiger partial charge in [0.05, 0.1) is 5.92 Å². The smallest absolute Gasteiger partial charge is 0.409 e. The highest BCUT2D eigenvalue weighted by molar-refractivity contribution is 5.79. The van der Waals surface area contributed by atoms with Crippen molar-refractivity contribution in [1.29, 1.82) is 0 Å². The molecule has 1 saturated heterocycles. The summed E-state index contributed by atoms with van der Waals surface area (Å²) in [6.45, 7) is 2.21. The third-order valence-corrected chi connectivity index (χ3v) is 6.87. The van der Waals surface area contributed by atoms with Gasteiger partial charge < -0.3 is 14.7 Å². The third-order valence-electron chi connectivity index (χ3n) is 6.87. The molecule has 1 aliphatic carbocycles. The lowest BCUT2D eigenvalue weighted by Gasteiger charge is -2.20. The van der Waals surface area contributed by atoms with Gasteiger partial charge in [-0.15, -0.1) is 0 Å². The highest BCUT2D eigenvalue weighted by atomic mass is 19.1. The number of rotatable bonds is 4. The number of likely N-dealkylation sites (tertiary alicyclic amines) is 1. The number of hydrogen-bond acceptors (Lipinski definition) is 3. The molecule has 1 aliphatic heterocycles. The number of carbonyl (C=O) groups is 2. The molecule has 5 nitrogen and oxygen atoms in total. The Bertz CT molecular complexity index is 1190. The Morgan fingerprint density at radius 1 is 0.970 bits per heavy atom. The van der Waals surface area contributed by atoms with Gasteiger partial charge in [-0.1, -0.05) is 54.6 Å². The largest absolute Gasteiger partial charge is 0.481 e. The first kappa shape index (κ1) is 21.2. The molecule has 0 saturated carbocycles. The third kappa shape index (κ3) is 3.75. The molecule has 168 valence electrons. The van der Waals surface area contributed by atoms with Crippen LogP contribution in [0.25, 0.3) is 11.1 Å². The maximum absolute atomic E-state index is 13.9. The molecule has 0 aromatic heterocycles. The van der Waals surface area contributed by atoms with Crippen molar-refractivity contribution >= 4 is 12.1 Å². The minimum Gasteiger partial charge on any atom is -0.481 e. The van der Waals surface area contributed by atoms with Crippen molar-refractivity contribution in [3.63, 3.8) is 0 Å². The van der Waals surface area contributed by atoms with Crippen LogP contribution in [-0.2, 0) is 9.53 Å². The van der Waals surface area contributed by atoms with Crippen molar-refractivity contribution in [2.45, 2.75) is 18.8 Å². The van der Waals surface area contributed by atoms with Gasteiger partial charge in [-0.2, -0.15) is 0 Å². The molecule has 2 aliphatic rings. The zero-order valence-electron chi connectivity index (χ0n) is 18.2. The van der Waals surface area contributed by atoms with Gasteiger partial charge in [0.2, 0.25) is 0 Å². The summed E-state index contributed by atoms with van der Waals surface area (Å²) in [7, 11) is 0. The van der Waals surface area contributed by atoms with Crippen LogP contribution in [0.15, 0.2) is 66.7 Å². The van der Waals surface area contributed by atoms with E-state index in [-0.39, 0.29) is 25.6 Å². The minimum absolute atomic E-state index is 0.0344. The van der Waals surface area contributed by atoms with Crippen LogP contribution in [0.1, 0.15) is 34.1 Å². The van der Waals surface area contributed by atoms with E-state index >= 15 is 0 Å². The fraction of sp³-hybridized carbons (Fsp3) is 0.259. The van der Waals surface area contributed by atoms with Crippen LogP contribution in [0.2, 0.25) is 0 Å². The standard InChI is InChI=1S/C27H24FNO4/c1-16-10-11-17(28)12-22(16)23-13-29(14-24(23)26(30)31)27(32)33-15-25-20-8-4-2-6-18(20)19-7-3-5-9-21(19)25/h2-12,23-25H,13-15H2,1H3,(H,30,31)/t23-,24+/m0/s1. The molecule has 1 amide bonds. The molecule has 3 aromatic rings. The predicted octanol–water partition coefficient (Wildman–Crippen LogP) is 5.18. The summed E-state index contributed by atoms with van der Waals surface area (Å²) in [5, 5.41) is 9.75. The predicted molar refractivity (Wildman–Crippen MR) is 122 cm³/mol. The molecule has 1 heterocycles. The number of aryl methyl sites for hydroxylation is 1. The number of hydrogen-bond donors (Lipinski definition) is 1. The van der Waals surface area contributed by atoms with Gasteiger partial charge in [-0.25, -0.2) is 9.18 Å². The molecule has 33 heavy (non-hydrogen) atoms. The van der Waals surface area contributed by atoms with Crippen LogP contribution in [-0.4, -0.2) is 41.8 Å². The first-order chi connectivity index (χ1) is 15.9. The van der Waals surface area contributed by atoms with Gasteiger partial charge >= 0.3 is 12.1 Å². The van der Waals surface area contributed by atoms with Crippen molar-refractivity contribution in [3.05, 3.63) is 94.8 Å². The normalized spacial score (nSPS) is 19.3. The SMILES string of the molecule is Cc1ccc(F)cc1[C@@H]1CN(C(=O)OCC2c3ccccc3-c3ccccc32)C[C@H]1C(=O)O. The lowest BCUT2D eigenvalue weighted by Crippen LogP contribution is -2.31. The second-order valence-electron chi connectivity index (χ2n) is 8.76. The van der Waals surface area contributed by atoms with E-state index in [2.05, 4.69) is 12.1 Å². The van der Waals surface area contributed by atoms with Gasteiger partial charge in [0.25, 0.3) is 0 Å². The first-order valence-corrected chi connectivity index (χ1v) is 11.0. The zero-order valence-corrected chi connectivity index (χ0v) is 18.2. The molecular formula is C27H24FNO4. The second kappa shape index (κ2) is 8.35. The first-order valence-electron chi connectivity index (χ1n) is 11.0. The monoisotopic (exact) mass is 445 g/mol. The van der Waals surface area contributed by atoms with E-state index in [4.69, 9.17) is 4.74 Å². The van der Waals surface area contributed by atoms with Crippen LogP contribution in [0.5, 0.6) is 0 Å². The van der Waals surface area contributed by atoms with Crippen molar-refractivity contribution in [3.8, 4) is 11.1 Å². The molecular weight excluding hydrogens is 421 g/mol. The van der Waals surface area contributed by atoms with Crippen LogP contribution < -0.4 is 0 Å². The van der Waals surface area contributed by atoms with Crippen LogP contribution in [0, 0.1) is 18.7 Å². The lowest BCUT2D eigenvalue weighted by atomic mass is 9.86. The average molecular weight is 445 g/mol. The van der Waals surface area contributed by atoms with E-state index in [0.717, 1.165) is 27.8 Å². The number of benzene rings is 3.